The second kappa shape index (κ2) is 21.7. The zero-order valence-electron chi connectivity index (χ0n) is 37.0. The van der Waals surface area contributed by atoms with Crippen LogP contribution in [0.15, 0.2) is 23.3 Å². The van der Waals surface area contributed by atoms with Gasteiger partial charge in [-0.3, -0.25) is 19.2 Å². The van der Waals surface area contributed by atoms with Gasteiger partial charge < -0.3 is 43.5 Å². The second-order valence-corrected chi connectivity index (χ2v) is 17.7. The number of aliphatic hydroxyl groups is 2. The fourth-order valence-electron chi connectivity index (χ4n) is 9.74. The molecule has 4 aliphatic rings. The van der Waals surface area contributed by atoms with Gasteiger partial charge in [-0.05, 0) is 95.5 Å². The Hall–Kier alpha value is -3.01. The van der Waals surface area contributed by atoms with Crippen LogP contribution in [0, 0.1) is 29.6 Å². The Kier molecular flexibility index (Phi) is 17.9. The normalized spacial score (nSPS) is 39.9. The maximum absolute atomic E-state index is 14.5. The fourth-order valence-corrected chi connectivity index (χ4v) is 9.74. The molecule has 3 aliphatic heterocycles. The number of nitrogens with zero attached hydrogens (tertiary/aromatic N) is 1. The Bertz CT molecular complexity index is 1540. The molecule has 14 nitrogen and oxygen atoms in total. The van der Waals surface area contributed by atoms with Gasteiger partial charge in [0.2, 0.25) is 5.79 Å². The lowest BCUT2D eigenvalue weighted by Crippen LogP contribution is -2.64. The number of Topliss-reactive ketones (excluding diaryl/α,β-unsaturated/α-hetero) is 2. The van der Waals surface area contributed by atoms with Crippen LogP contribution in [0.2, 0.25) is 0 Å². The summed E-state index contributed by atoms with van der Waals surface area (Å²) in [5.74, 6) is -8.26. The van der Waals surface area contributed by atoms with Crippen LogP contribution in [-0.2, 0) is 52.4 Å². The van der Waals surface area contributed by atoms with E-state index in [0.29, 0.717) is 56.9 Å². The van der Waals surface area contributed by atoms with E-state index in [4.69, 9.17) is 28.4 Å². The Labute approximate surface area is 350 Å². The zero-order valence-corrected chi connectivity index (χ0v) is 37.0. The highest BCUT2D eigenvalue weighted by molar-refractivity contribution is 6.39. The number of ether oxygens (including phenoxy) is 6. The van der Waals surface area contributed by atoms with Crippen LogP contribution in [0.4, 0.5) is 0 Å². The van der Waals surface area contributed by atoms with Gasteiger partial charge in [-0.15, -0.1) is 0 Å². The van der Waals surface area contributed by atoms with Gasteiger partial charge in [-0.1, -0.05) is 45.4 Å². The van der Waals surface area contributed by atoms with Gasteiger partial charge in [0.15, 0.2) is 0 Å². The van der Waals surface area contributed by atoms with Crippen molar-refractivity contribution in [2.75, 3.05) is 27.9 Å². The second-order valence-electron chi connectivity index (χ2n) is 17.7. The van der Waals surface area contributed by atoms with Crippen molar-refractivity contribution in [2.24, 2.45) is 29.6 Å². The van der Waals surface area contributed by atoms with E-state index in [2.05, 4.69) is 0 Å². The third-order valence-corrected chi connectivity index (χ3v) is 13.2. The highest BCUT2D eigenvalue weighted by Crippen LogP contribution is 2.39. The summed E-state index contributed by atoms with van der Waals surface area (Å²) >= 11 is 0. The molecule has 0 aromatic rings. The minimum absolute atomic E-state index is 0.0111. The van der Waals surface area contributed by atoms with Crippen molar-refractivity contribution in [2.45, 2.75) is 174 Å². The minimum atomic E-state index is -2.52. The number of carbonyl (C=O) groups excluding carboxylic acids is 5. The molecule has 14 atom stereocenters. The number of methoxy groups -OCH3 is 3. The molecule has 0 aromatic heterocycles. The lowest BCUT2D eigenvalue weighted by atomic mass is 9.81. The quantitative estimate of drug-likeness (QED) is 0.198. The first-order valence-electron chi connectivity index (χ1n) is 21.7. The van der Waals surface area contributed by atoms with E-state index in [1.54, 1.807) is 21.0 Å². The maximum atomic E-state index is 14.5. The van der Waals surface area contributed by atoms with Crippen LogP contribution < -0.4 is 0 Å². The molecule has 1 amide bonds. The van der Waals surface area contributed by atoms with Crippen LogP contribution in [-0.4, -0.2) is 127 Å². The van der Waals surface area contributed by atoms with Gasteiger partial charge in [0, 0.05) is 59.0 Å². The van der Waals surface area contributed by atoms with Gasteiger partial charge in [0.05, 0.1) is 24.4 Å². The number of carbonyl (C=O) groups is 5. The van der Waals surface area contributed by atoms with Crippen molar-refractivity contribution in [3.8, 4) is 0 Å². The third-order valence-electron chi connectivity index (χ3n) is 13.2. The van der Waals surface area contributed by atoms with Crippen LogP contribution in [0.3, 0.4) is 0 Å². The number of ketones is 2. The number of cyclic esters (lactones) is 1. The summed E-state index contributed by atoms with van der Waals surface area (Å²) in [6.45, 7) is 12.5. The maximum Gasteiger partial charge on any atom is 0.329 e. The number of esters is 2. The molecule has 0 unspecified atom stereocenters. The fraction of sp³-hybridized carbons (Fsp3) is 0.800. The molecule has 3 fully saturated rings. The van der Waals surface area contributed by atoms with Crippen molar-refractivity contribution >= 4 is 29.4 Å². The molecule has 334 valence electrons. The van der Waals surface area contributed by atoms with E-state index >= 15 is 0 Å². The third kappa shape index (κ3) is 11.9. The van der Waals surface area contributed by atoms with Crippen molar-refractivity contribution in [3.63, 3.8) is 0 Å². The summed E-state index contributed by atoms with van der Waals surface area (Å²) in [6, 6.07) is -1.16. The predicted octanol–water partition coefficient (Wildman–Crippen LogP) is 5.04. The molecule has 4 rings (SSSR count). The predicted molar refractivity (Wildman–Crippen MR) is 218 cm³/mol. The Morgan fingerprint density at radius 3 is 2.20 bits per heavy atom. The average Bonchev–Trinajstić information content (AvgIpc) is 3.20. The van der Waals surface area contributed by atoms with Gasteiger partial charge in [-0.2, -0.15) is 0 Å². The number of aliphatic hydroxyl groups excluding tert-OH is 1. The van der Waals surface area contributed by atoms with Gasteiger partial charge in [0.1, 0.15) is 30.1 Å². The van der Waals surface area contributed by atoms with E-state index in [1.165, 1.54) is 26.0 Å². The van der Waals surface area contributed by atoms with Crippen LogP contribution in [0.1, 0.15) is 119 Å². The van der Waals surface area contributed by atoms with Crippen LogP contribution >= 0.6 is 0 Å². The Morgan fingerprint density at radius 1 is 0.915 bits per heavy atom. The molecule has 3 heterocycles. The molecule has 0 spiro atoms. The number of fused-ring (bicyclic) bond motifs is 3. The van der Waals surface area contributed by atoms with E-state index in [9.17, 15) is 34.2 Å². The molecule has 59 heavy (non-hydrogen) atoms. The van der Waals surface area contributed by atoms with Crippen molar-refractivity contribution in [1.29, 1.82) is 0 Å². The number of piperidine rings is 1. The smallest absolute Gasteiger partial charge is 0.329 e. The molecule has 1 aliphatic carbocycles. The van der Waals surface area contributed by atoms with E-state index < -0.39 is 89.8 Å². The molecule has 0 aromatic carbocycles. The summed E-state index contributed by atoms with van der Waals surface area (Å²) < 4.78 is 35.8. The summed E-state index contributed by atoms with van der Waals surface area (Å²) in [4.78, 5) is 71.0. The molecule has 2 saturated heterocycles. The molecule has 0 radical (unpaired) electrons. The summed E-state index contributed by atoms with van der Waals surface area (Å²) in [6.07, 6.45) is 3.60. The molecule has 14 heteroatoms. The topological polar surface area (TPSA) is 184 Å². The van der Waals surface area contributed by atoms with Gasteiger partial charge in [-0.25, -0.2) is 4.79 Å². The molecule has 2 bridgehead atoms. The van der Waals surface area contributed by atoms with E-state index in [0.717, 1.165) is 5.57 Å². The van der Waals surface area contributed by atoms with E-state index in [1.807, 2.05) is 39.8 Å². The van der Waals surface area contributed by atoms with Gasteiger partial charge >= 0.3 is 11.9 Å². The average molecular weight is 834 g/mol. The highest BCUT2D eigenvalue weighted by atomic mass is 16.7. The zero-order chi connectivity index (χ0) is 43.8. The molecular weight excluding hydrogens is 762 g/mol. The monoisotopic (exact) mass is 833 g/mol. The standard InChI is InChI=1S/C45H71NO13/c1-11-32-19-25(2)18-26(3)20-38(55-9)41-39(56-10)22-28(5)45(53,59-41)42(50)43(51)46-17-13-12-14-33(46)44(52)58-40(29(6)36(24-35(32)49)57-30(7)47)27(4)21-31-15-16-34(48)37(23-31)54-8/h19,21,26,28-29,31-34,36-41,48,53H,11-18,20,22-24H2,1-10H3/b25-19+,27-21+/t26-,28+,29+,31-,32+,33-,34+,36+,37+,38-,39-,40+,41+,45+/m0/s1. The first-order chi connectivity index (χ1) is 27.9. The van der Waals surface area contributed by atoms with Crippen molar-refractivity contribution < 1.29 is 62.6 Å². The number of rotatable bonds is 7. The first-order valence-corrected chi connectivity index (χ1v) is 21.7. The Morgan fingerprint density at radius 2 is 1.58 bits per heavy atom. The minimum Gasteiger partial charge on any atom is -0.462 e. The van der Waals surface area contributed by atoms with Crippen molar-refractivity contribution in [3.05, 3.63) is 23.3 Å². The summed E-state index contributed by atoms with van der Waals surface area (Å²) in [7, 11) is 4.61. The van der Waals surface area contributed by atoms with Gasteiger partial charge in [0.25, 0.3) is 11.7 Å². The number of allylic oxidation sites excluding steroid dienone is 3. The van der Waals surface area contributed by atoms with Crippen molar-refractivity contribution in [1.82, 2.24) is 4.90 Å². The number of amides is 1. The highest BCUT2D eigenvalue weighted by Gasteiger charge is 2.56. The molecule has 2 N–H and O–H groups in total. The largest absolute Gasteiger partial charge is 0.462 e. The Balaban J connectivity index is 1.82. The summed E-state index contributed by atoms with van der Waals surface area (Å²) in [5.41, 5.74) is 1.63. The first kappa shape index (κ1) is 48.7. The number of hydrogen-bond acceptors (Lipinski definition) is 13. The summed E-state index contributed by atoms with van der Waals surface area (Å²) in [5, 5.41) is 22.6. The molecular formula is C45H71NO13. The SMILES string of the molecule is CC[C@@H]1/C=C(\C)C[C@H](C)C[C@H](OC)[C@H]2O[C@@](O)(C(=O)C(=O)N3CCCC[C@H]3C(=O)O[C@H](/C(C)=C/[C@@H]3CC[C@@H](O)[C@H](OC)C3)[C@H](C)[C@H](OC(C)=O)CC1=O)[C@H](C)C[C@@H]2OC. The van der Waals surface area contributed by atoms with E-state index in [-0.39, 0.29) is 49.5 Å². The lowest BCUT2D eigenvalue weighted by Gasteiger charge is -2.47. The van der Waals surface area contributed by atoms with Crippen LogP contribution in [0.25, 0.3) is 0 Å². The van der Waals surface area contributed by atoms with Crippen LogP contribution in [0.5, 0.6) is 0 Å². The number of hydrogen-bond donors (Lipinski definition) is 2. The molecule has 1 saturated carbocycles. The lowest BCUT2D eigenvalue weighted by molar-refractivity contribution is -0.302.